The third kappa shape index (κ3) is 4.49. The molecule has 0 bridgehead atoms. The maximum Gasteiger partial charge on any atom is 0.253 e. The van der Waals surface area contributed by atoms with Crippen molar-refractivity contribution in [3.63, 3.8) is 0 Å². The average molecular weight is 480 g/mol. The highest BCUT2D eigenvalue weighted by molar-refractivity contribution is 7.13. The molecule has 34 heavy (non-hydrogen) atoms. The van der Waals surface area contributed by atoms with E-state index in [9.17, 15) is 18.8 Å². The number of pyridine rings is 1. The Morgan fingerprint density at radius 3 is 2.82 bits per heavy atom. The molecular formula is C25H22FN3O4S. The number of fused-ring (bicyclic) bond motifs is 1. The van der Waals surface area contributed by atoms with E-state index in [0.29, 0.717) is 24.1 Å². The van der Waals surface area contributed by atoms with Crippen molar-refractivity contribution >= 4 is 28.9 Å². The van der Waals surface area contributed by atoms with Gasteiger partial charge in [-0.2, -0.15) is 0 Å². The summed E-state index contributed by atoms with van der Waals surface area (Å²) in [5.41, 5.74) is 1.82. The van der Waals surface area contributed by atoms with Gasteiger partial charge in [-0.15, -0.1) is 11.3 Å². The van der Waals surface area contributed by atoms with Gasteiger partial charge >= 0.3 is 0 Å². The lowest BCUT2D eigenvalue weighted by molar-refractivity contribution is -0.138. The number of rotatable bonds is 6. The van der Waals surface area contributed by atoms with E-state index in [1.807, 2.05) is 17.5 Å². The van der Waals surface area contributed by atoms with Crippen molar-refractivity contribution in [3.05, 3.63) is 77.2 Å². The molecule has 2 fully saturated rings. The van der Waals surface area contributed by atoms with Gasteiger partial charge in [0.2, 0.25) is 5.91 Å². The summed E-state index contributed by atoms with van der Waals surface area (Å²) < 4.78 is 18.9. The molecule has 5 rings (SSSR count). The highest BCUT2D eigenvalue weighted by atomic mass is 32.1. The Morgan fingerprint density at radius 1 is 1.24 bits per heavy atom. The summed E-state index contributed by atoms with van der Waals surface area (Å²) in [6.07, 6.45) is 3.56. The standard InChI is InChI=1S/C25H22FN3O4S/c26-18-5-3-15(4-6-18)10-19(25(32)29-8-7-21-23(29)20(30)14-33-21)28-24(31)17-11-16(12-27-13-17)22-2-1-9-34-22/h1-6,9,11-13,19,21,23H,7-8,10,14H2,(H,28,31). The van der Waals surface area contributed by atoms with Crippen molar-refractivity contribution in [1.82, 2.24) is 15.2 Å². The number of likely N-dealkylation sites (tertiary alicyclic amines) is 1. The first-order chi connectivity index (χ1) is 16.5. The van der Waals surface area contributed by atoms with E-state index in [2.05, 4.69) is 10.3 Å². The number of ketones is 1. The summed E-state index contributed by atoms with van der Waals surface area (Å²) in [6, 6.07) is 9.82. The minimum atomic E-state index is -0.935. The van der Waals surface area contributed by atoms with Gasteiger partial charge < -0.3 is 15.0 Å². The lowest BCUT2D eigenvalue weighted by Crippen LogP contribution is -2.53. The van der Waals surface area contributed by atoms with Crippen molar-refractivity contribution in [1.29, 1.82) is 0 Å². The summed E-state index contributed by atoms with van der Waals surface area (Å²) in [5, 5.41) is 4.77. The number of Topliss-reactive ketones (excluding diaryl/α,β-unsaturated/α-hetero) is 1. The molecule has 0 saturated carbocycles. The number of halogens is 1. The van der Waals surface area contributed by atoms with E-state index in [1.165, 1.54) is 34.6 Å². The predicted octanol–water partition coefficient (Wildman–Crippen LogP) is 2.86. The monoisotopic (exact) mass is 479 g/mol. The molecule has 1 aromatic carbocycles. The maximum atomic E-state index is 13.5. The zero-order chi connectivity index (χ0) is 23.7. The number of aromatic nitrogens is 1. The number of carbonyl (C=O) groups excluding carboxylic acids is 3. The van der Waals surface area contributed by atoms with E-state index in [-0.39, 0.29) is 36.6 Å². The van der Waals surface area contributed by atoms with Crippen LogP contribution in [0.4, 0.5) is 4.39 Å². The number of carbonyl (C=O) groups is 3. The summed E-state index contributed by atoms with van der Waals surface area (Å²) >= 11 is 1.54. The molecule has 0 spiro atoms. The fraction of sp³-hybridized carbons (Fsp3) is 0.280. The molecule has 2 saturated heterocycles. The maximum absolute atomic E-state index is 13.5. The molecule has 0 radical (unpaired) electrons. The normalized spacial score (nSPS) is 20.3. The van der Waals surface area contributed by atoms with Crippen LogP contribution in [-0.4, -0.2) is 58.8 Å². The number of amides is 2. The minimum Gasteiger partial charge on any atom is -0.368 e. The summed E-state index contributed by atoms with van der Waals surface area (Å²) in [5.74, 6) is -1.32. The number of thiophene rings is 1. The summed E-state index contributed by atoms with van der Waals surface area (Å²) in [7, 11) is 0. The molecule has 174 valence electrons. The quantitative estimate of drug-likeness (QED) is 0.588. The van der Waals surface area contributed by atoms with E-state index in [1.54, 1.807) is 24.4 Å². The van der Waals surface area contributed by atoms with E-state index < -0.39 is 18.0 Å². The van der Waals surface area contributed by atoms with Crippen LogP contribution in [0, 0.1) is 5.82 Å². The number of benzene rings is 1. The molecule has 3 aromatic rings. The van der Waals surface area contributed by atoms with Gasteiger partial charge in [-0.3, -0.25) is 19.4 Å². The van der Waals surface area contributed by atoms with Gasteiger partial charge in [-0.25, -0.2) is 4.39 Å². The third-order valence-electron chi connectivity index (χ3n) is 6.16. The van der Waals surface area contributed by atoms with Crippen LogP contribution in [0.1, 0.15) is 22.3 Å². The average Bonchev–Trinajstić information content (AvgIpc) is 3.60. The Kier molecular flexibility index (Phi) is 6.21. The molecule has 2 aliphatic rings. The predicted molar refractivity (Wildman–Crippen MR) is 124 cm³/mol. The van der Waals surface area contributed by atoms with Crippen LogP contribution in [0.5, 0.6) is 0 Å². The Hall–Kier alpha value is -3.43. The molecule has 9 heteroatoms. The largest absolute Gasteiger partial charge is 0.368 e. The van der Waals surface area contributed by atoms with Crippen molar-refractivity contribution in [2.75, 3.05) is 13.2 Å². The Labute approximate surface area is 199 Å². The molecule has 1 N–H and O–H groups in total. The Bertz CT molecular complexity index is 1220. The van der Waals surface area contributed by atoms with Crippen molar-refractivity contribution in [2.45, 2.75) is 31.0 Å². The van der Waals surface area contributed by atoms with Crippen LogP contribution in [0.25, 0.3) is 10.4 Å². The van der Waals surface area contributed by atoms with Gasteiger partial charge in [0.25, 0.3) is 5.91 Å². The lowest BCUT2D eigenvalue weighted by Gasteiger charge is -2.27. The molecule has 3 atom stereocenters. The number of ether oxygens (including phenoxy) is 1. The first-order valence-electron chi connectivity index (χ1n) is 11.0. The van der Waals surface area contributed by atoms with Crippen LogP contribution >= 0.6 is 11.3 Å². The van der Waals surface area contributed by atoms with Crippen molar-refractivity contribution in [3.8, 4) is 10.4 Å². The zero-order valence-electron chi connectivity index (χ0n) is 18.1. The van der Waals surface area contributed by atoms with E-state index in [0.717, 1.165) is 10.4 Å². The van der Waals surface area contributed by atoms with E-state index >= 15 is 0 Å². The first-order valence-corrected chi connectivity index (χ1v) is 11.9. The fourth-order valence-electron chi connectivity index (χ4n) is 4.48. The van der Waals surface area contributed by atoms with Gasteiger partial charge in [0, 0.05) is 35.8 Å². The molecule has 0 aliphatic carbocycles. The lowest BCUT2D eigenvalue weighted by atomic mass is 10.0. The zero-order valence-corrected chi connectivity index (χ0v) is 19.0. The molecular weight excluding hydrogens is 457 g/mol. The number of hydrogen-bond donors (Lipinski definition) is 1. The highest BCUT2D eigenvalue weighted by Gasteiger charge is 2.48. The van der Waals surface area contributed by atoms with Crippen molar-refractivity contribution < 1.29 is 23.5 Å². The molecule has 3 unspecified atom stereocenters. The van der Waals surface area contributed by atoms with Crippen molar-refractivity contribution in [2.24, 2.45) is 0 Å². The fourth-order valence-corrected chi connectivity index (χ4v) is 5.19. The molecule has 2 aromatic heterocycles. The SMILES string of the molecule is O=C(NC(Cc1ccc(F)cc1)C(=O)N1CCC2OCC(=O)C21)c1cncc(-c2cccs2)c1. The molecule has 4 heterocycles. The number of nitrogens with zero attached hydrogens (tertiary/aromatic N) is 2. The summed E-state index contributed by atoms with van der Waals surface area (Å²) in [6.45, 7) is 0.375. The van der Waals surface area contributed by atoms with Gasteiger partial charge in [0.05, 0.1) is 11.7 Å². The Balaban J connectivity index is 1.39. The molecule has 2 aliphatic heterocycles. The van der Waals surface area contributed by atoms with E-state index in [4.69, 9.17) is 4.74 Å². The van der Waals surface area contributed by atoms with Crippen LogP contribution in [0.3, 0.4) is 0 Å². The van der Waals surface area contributed by atoms with Gasteiger partial charge in [-0.1, -0.05) is 18.2 Å². The van der Waals surface area contributed by atoms with Crippen LogP contribution < -0.4 is 5.32 Å². The Morgan fingerprint density at radius 2 is 2.06 bits per heavy atom. The van der Waals surface area contributed by atoms with Crippen LogP contribution in [0.15, 0.2) is 60.2 Å². The highest BCUT2D eigenvalue weighted by Crippen LogP contribution is 2.28. The first kappa shape index (κ1) is 22.4. The molecule has 7 nitrogen and oxygen atoms in total. The third-order valence-corrected chi connectivity index (χ3v) is 7.08. The second-order valence-corrected chi connectivity index (χ2v) is 9.32. The molecule has 2 amide bonds. The smallest absolute Gasteiger partial charge is 0.253 e. The minimum absolute atomic E-state index is 0.00468. The second-order valence-electron chi connectivity index (χ2n) is 8.38. The van der Waals surface area contributed by atoms with Crippen LogP contribution in [-0.2, 0) is 20.7 Å². The van der Waals surface area contributed by atoms with Gasteiger partial charge in [0.1, 0.15) is 24.5 Å². The number of nitrogens with one attached hydrogen (secondary N) is 1. The van der Waals surface area contributed by atoms with Crippen LogP contribution in [0.2, 0.25) is 0 Å². The topological polar surface area (TPSA) is 88.6 Å². The van der Waals surface area contributed by atoms with Gasteiger partial charge in [-0.05, 0) is 41.6 Å². The second kappa shape index (κ2) is 9.44. The number of hydrogen-bond acceptors (Lipinski definition) is 6. The summed E-state index contributed by atoms with van der Waals surface area (Å²) in [4.78, 5) is 45.7. The van der Waals surface area contributed by atoms with Gasteiger partial charge in [0.15, 0.2) is 5.78 Å².